The first kappa shape index (κ1) is 38.0. The second-order valence-corrected chi connectivity index (χ2v) is 16.0. The SMILES string of the molecule is C=CCCC(NC(=O)C1C2C(CN1C(=O)C(NC(=O)OC(C)(C)C)C1CCCCC1)C2(C)C)C(=O)C(=O)NCCC(=O)NC(C)(C)C. The molecule has 5 amide bonds. The minimum Gasteiger partial charge on any atom is -0.444 e. The molecule has 47 heavy (non-hydrogen) atoms. The lowest BCUT2D eigenvalue weighted by molar-refractivity contribution is -0.145. The number of allylic oxidation sites excluding steroid dienone is 1. The molecule has 0 aromatic rings. The van der Waals surface area contributed by atoms with Crippen LogP contribution in [0.2, 0.25) is 0 Å². The van der Waals surface area contributed by atoms with E-state index in [1.165, 1.54) is 0 Å². The third-order valence-electron chi connectivity index (χ3n) is 9.49. The molecule has 3 fully saturated rings. The van der Waals surface area contributed by atoms with Crippen molar-refractivity contribution in [2.45, 2.75) is 136 Å². The monoisotopic (exact) mass is 659 g/mol. The van der Waals surface area contributed by atoms with Gasteiger partial charge in [-0.1, -0.05) is 39.2 Å². The molecule has 12 heteroatoms. The number of nitrogens with zero attached hydrogens (tertiary/aromatic N) is 1. The zero-order valence-corrected chi connectivity index (χ0v) is 29.6. The second kappa shape index (κ2) is 15.2. The number of carbonyl (C=O) groups excluding carboxylic acids is 6. The van der Waals surface area contributed by atoms with E-state index in [9.17, 15) is 28.8 Å². The minimum atomic E-state index is -1.14. The number of nitrogens with one attached hydrogen (secondary N) is 4. The zero-order valence-electron chi connectivity index (χ0n) is 29.6. The number of rotatable bonds is 13. The molecule has 3 aliphatic rings. The summed E-state index contributed by atoms with van der Waals surface area (Å²) in [5.74, 6) is -2.96. The summed E-state index contributed by atoms with van der Waals surface area (Å²) in [6, 6.07) is -2.85. The maximum atomic E-state index is 14.3. The highest BCUT2D eigenvalue weighted by Gasteiger charge is 2.69. The second-order valence-electron chi connectivity index (χ2n) is 16.0. The number of likely N-dealkylation sites (tertiary alicyclic amines) is 1. The lowest BCUT2D eigenvalue weighted by Crippen LogP contribution is -2.60. The summed E-state index contributed by atoms with van der Waals surface area (Å²) >= 11 is 0. The Morgan fingerprint density at radius 1 is 0.979 bits per heavy atom. The summed E-state index contributed by atoms with van der Waals surface area (Å²) in [7, 11) is 0. The van der Waals surface area contributed by atoms with Gasteiger partial charge in [-0.3, -0.25) is 24.0 Å². The molecule has 4 N–H and O–H groups in total. The number of Topliss-reactive ketones (excluding diaryl/α,β-unsaturated/α-hetero) is 1. The average molecular weight is 660 g/mol. The van der Waals surface area contributed by atoms with Crippen LogP contribution >= 0.6 is 0 Å². The zero-order chi connectivity index (χ0) is 35.3. The number of ether oxygens (including phenoxy) is 1. The number of piperidine rings is 1. The first-order valence-corrected chi connectivity index (χ1v) is 17.1. The van der Waals surface area contributed by atoms with Gasteiger partial charge in [0.15, 0.2) is 0 Å². The van der Waals surface area contributed by atoms with Gasteiger partial charge in [-0.05, 0) is 90.4 Å². The van der Waals surface area contributed by atoms with Crippen molar-refractivity contribution in [2.24, 2.45) is 23.2 Å². The van der Waals surface area contributed by atoms with Crippen LogP contribution < -0.4 is 21.3 Å². The van der Waals surface area contributed by atoms with E-state index in [0.29, 0.717) is 13.0 Å². The lowest BCUT2D eigenvalue weighted by Gasteiger charge is -2.37. The number of alkyl carbamates (subject to hydrolysis) is 1. The molecule has 12 nitrogen and oxygen atoms in total. The molecule has 3 rings (SSSR count). The first-order valence-electron chi connectivity index (χ1n) is 17.1. The molecule has 0 aromatic heterocycles. The van der Waals surface area contributed by atoms with E-state index < -0.39 is 53.0 Å². The van der Waals surface area contributed by atoms with Crippen LogP contribution in [0.15, 0.2) is 12.7 Å². The van der Waals surface area contributed by atoms with E-state index in [1.807, 2.05) is 20.8 Å². The number of fused-ring (bicyclic) bond motifs is 1. The van der Waals surface area contributed by atoms with Crippen molar-refractivity contribution in [3.63, 3.8) is 0 Å². The van der Waals surface area contributed by atoms with Crippen LogP contribution in [0.5, 0.6) is 0 Å². The van der Waals surface area contributed by atoms with E-state index in [1.54, 1.807) is 31.7 Å². The van der Waals surface area contributed by atoms with Gasteiger partial charge >= 0.3 is 6.09 Å². The number of hydrogen-bond donors (Lipinski definition) is 4. The van der Waals surface area contributed by atoms with Gasteiger partial charge in [0.1, 0.15) is 17.7 Å². The molecule has 0 bridgehead atoms. The van der Waals surface area contributed by atoms with E-state index in [-0.39, 0.29) is 54.4 Å². The van der Waals surface area contributed by atoms with Crippen molar-refractivity contribution in [3.8, 4) is 0 Å². The van der Waals surface area contributed by atoms with E-state index >= 15 is 0 Å². The molecular weight excluding hydrogens is 602 g/mol. The highest BCUT2D eigenvalue weighted by molar-refractivity contribution is 6.38. The van der Waals surface area contributed by atoms with Crippen molar-refractivity contribution in [3.05, 3.63) is 12.7 Å². The first-order chi connectivity index (χ1) is 21.8. The van der Waals surface area contributed by atoms with Gasteiger partial charge in [-0.2, -0.15) is 0 Å². The molecule has 1 aliphatic heterocycles. The van der Waals surface area contributed by atoms with E-state index in [0.717, 1.165) is 32.1 Å². The van der Waals surface area contributed by atoms with Crippen LogP contribution in [0.1, 0.15) is 107 Å². The summed E-state index contributed by atoms with van der Waals surface area (Å²) in [5.41, 5.74) is -1.36. The highest BCUT2D eigenvalue weighted by atomic mass is 16.6. The van der Waals surface area contributed by atoms with Gasteiger partial charge in [0.05, 0.1) is 6.04 Å². The van der Waals surface area contributed by atoms with Crippen LogP contribution in [0.3, 0.4) is 0 Å². The van der Waals surface area contributed by atoms with Gasteiger partial charge < -0.3 is 30.9 Å². The third kappa shape index (κ3) is 10.3. The Bertz CT molecular complexity index is 1210. The molecule has 0 radical (unpaired) electrons. The molecule has 264 valence electrons. The molecule has 5 unspecified atom stereocenters. The Kier molecular flexibility index (Phi) is 12.3. The molecule has 2 aliphatic carbocycles. The summed E-state index contributed by atoms with van der Waals surface area (Å²) in [4.78, 5) is 81.1. The summed E-state index contributed by atoms with van der Waals surface area (Å²) in [5, 5.41) is 10.9. The van der Waals surface area contributed by atoms with Crippen LogP contribution in [-0.4, -0.2) is 82.8 Å². The van der Waals surface area contributed by atoms with Gasteiger partial charge in [-0.25, -0.2) is 4.79 Å². The minimum absolute atomic E-state index is 0.00321. The quantitative estimate of drug-likeness (QED) is 0.174. The average Bonchev–Trinajstić information content (AvgIpc) is 3.26. The molecular formula is C35H57N5O7. The van der Waals surface area contributed by atoms with Crippen molar-refractivity contribution in [2.75, 3.05) is 13.1 Å². The van der Waals surface area contributed by atoms with Crippen molar-refractivity contribution in [1.82, 2.24) is 26.2 Å². The van der Waals surface area contributed by atoms with Gasteiger partial charge in [0.25, 0.3) is 5.91 Å². The van der Waals surface area contributed by atoms with Crippen LogP contribution in [0.25, 0.3) is 0 Å². The molecule has 2 saturated carbocycles. The topological polar surface area (TPSA) is 163 Å². The molecule has 1 saturated heterocycles. The molecule has 1 heterocycles. The predicted octanol–water partition coefficient (Wildman–Crippen LogP) is 3.38. The van der Waals surface area contributed by atoms with Crippen LogP contribution in [0, 0.1) is 23.2 Å². The Labute approximate surface area is 279 Å². The lowest BCUT2D eigenvalue weighted by atomic mass is 9.83. The van der Waals surface area contributed by atoms with Crippen molar-refractivity contribution < 1.29 is 33.5 Å². The predicted molar refractivity (Wildman–Crippen MR) is 178 cm³/mol. The van der Waals surface area contributed by atoms with Crippen molar-refractivity contribution in [1.29, 1.82) is 0 Å². The van der Waals surface area contributed by atoms with Gasteiger partial charge in [0, 0.05) is 25.0 Å². The Hall–Kier alpha value is -3.44. The highest BCUT2D eigenvalue weighted by Crippen LogP contribution is 2.65. The molecule has 0 aromatic carbocycles. The third-order valence-corrected chi connectivity index (χ3v) is 9.49. The normalized spacial score (nSPS) is 23.4. The van der Waals surface area contributed by atoms with Gasteiger partial charge in [0.2, 0.25) is 23.5 Å². The van der Waals surface area contributed by atoms with Crippen molar-refractivity contribution >= 4 is 35.5 Å². The molecule has 5 atom stereocenters. The van der Waals surface area contributed by atoms with E-state index in [2.05, 4.69) is 41.7 Å². The fourth-order valence-corrected chi connectivity index (χ4v) is 7.10. The Morgan fingerprint density at radius 2 is 1.62 bits per heavy atom. The van der Waals surface area contributed by atoms with Crippen LogP contribution in [0.4, 0.5) is 4.79 Å². The maximum absolute atomic E-state index is 14.3. The number of hydrogen-bond acceptors (Lipinski definition) is 7. The Morgan fingerprint density at radius 3 is 2.19 bits per heavy atom. The standard InChI is InChI=1S/C35H57N5O7/c1-10-11-17-23(28(42)30(44)36-19-18-24(41)39-33(2,3)4)37-29(43)27-25-22(35(25,8)9)20-40(27)31(45)26(21-15-13-12-14-16-21)38-32(46)47-34(5,6)7/h10,21-23,25-27H,1,11-20H2,2-9H3,(H,36,44)(H,37,43)(H,38,46)(H,39,41). The Balaban J connectivity index is 1.77. The van der Waals surface area contributed by atoms with Crippen LogP contribution in [-0.2, 0) is 28.7 Å². The number of ketones is 1. The maximum Gasteiger partial charge on any atom is 0.408 e. The fourth-order valence-electron chi connectivity index (χ4n) is 7.10. The summed E-state index contributed by atoms with van der Waals surface area (Å²) in [6.45, 7) is 19.0. The number of amides is 5. The largest absolute Gasteiger partial charge is 0.444 e. The number of carbonyl (C=O) groups is 6. The smallest absolute Gasteiger partial charge is 0.408 e. The van der Waals surface area contributed by atoms with E-state index in [4.69, 9.17) is 4.74 Å². The van der Waals surface area contributed by atoms with Gasteiger partial charge in [-0.15, -0.1) is 6.58 Å². The fraction of sp³-hybridized carbons (Fsp3) is 0.771. The summed E-state index contributed by atoms with van der Waals surface area (Å²) in [6.07, 6.45) is 5.95. The molecule has 0 spiro atoms. The summed E-state index contributed by atoms with van der Waals surface area (Å²) < 4.78 is 5.50.